The molecule has 0 saturated heterocycles. The van der Waals surface area contributed by atoms with Gasteiger partial charge in [-0.25, -0.2) is 9.78 Å². The number of pyridine rings is 2. The molecule has 3 aromatic heterocycles. The molecule has 0 bridgehead atoms. The van der Waals surface area contributed by atoms with Crippen molar-refractivity contribution in [1.29, 1.82) is 0 Å². The summed E-state index contributed by atoms with van der Waals surface area (Å²) in [5.41, 5.74) is 1.83. The Hall–Kier alpha value is -2.14. The molecule has 0 aliphatic heterocycles. The minimum Gasteiger partial charge on any atom is -0.461 e. The van der Waals surface area contributed by atoms with E-state index in [1.165, 1.54) is 0 Å². The molecule has 0 saturated carbocycles. The number of hydrogen-bond acceptors (Lipinski definition) is 4. The van der Waals surface area contributed by atoms with Crippen molar-refractivity contribution >= 4 is 39.4 Å². The molecule has 0 fully saturated rings. The van der Waals surface area contributed by atoms with E-state index in [0.29, 0.717) is 22.8 Å². The average molecular weight is 276 g/mol. The Bertz CT molecular complexity index is 782. The van der Waals surface area contributed by atoms with Crippen molar-refractivity contribution in [3.63, 3.8) is 0 Å². The second-order valence-electron chi connectivity index (χ2n) is 3.99. The monoisotopic (exact) mass is 275 g/mol. The van der Waals surface area contributed by atoms with Gasteiger partial charge in [-0.05, 0) is 19.1 Å². The lowest BCUT2D eigenvalue weighted by Crippen LogP contribution is -2.04. The first kappa shape index (κ1) is 11.9. The van der Waals surface area contributed by atoms with Crippen molar-refractivity contribution in [3.05, 3.63) is 35.4 Å². The van der Waals surface area contributed by atoms with Gasteiger partial charge in [-0.3, -0.25) is 4.98 Å². The number of H-pyrrole nitrogens is 1. The molecule has 19 heavy (non-hydrogen) atoms. The van der Waals surface area contributed by atoms with Crippen molar-refractivity contribution in [3.8, 4) is 0 Å². The number of fused-ring (bicyclic) bond motifs is 3. The topological polar surface area (TPSA) is 67.9 Å². The Balaban J connectivity index is 2.29. The van der Waals surface area contributed by atoms with E-state index in [9.17, 15) is 4.79 Å². The van der Waals surface area contributed by atoms with Gasteiger partial charge in [0.05, 0.1) is 17.6 Å². The molecule has 3 aromatic rings. The van der Waals surface area contributed by atoms with Crippen LogP contribution in [0.1, 0.15) is 17.4 Å². The third-order valence-electron chi connectivity index (χ3n) is 2.82. The number of carbonyl (C=O) groups excluding carboxylic acids is 1. The Morgan fingerprint density at radius 2 is 2.32 bits per heavy atom. The first-order valence-electron chi connectivity index (χ1n) is 5.79. The number of esters is 1. The largest absolute Gasteiger partial charge is 0.461 e. The highest BCUT2D eigenvalue weighted by molar-refractivity contribution is 6.35. The summed E-state index contributed by atoms with van der Waals surface area (Å²) in [6, 6.07) is 3.42. The van der Waals surface area contributed by atoms with Gasteiger partial charge < -0.3 is 9.72 Å². The van der Waals surface area contributed by atoms with Crippen LogP contribution in [-0.2, 0) is 4.74 Å². The normalized spacial score (nSPS) is 11.1. The summed E-state index contributed by atoms with van der Waals surface area (Å²) in [4.78, 5) is 23.1. The van der Waals surface area contributed by atoms with Crippen LogP contribution in [0.3, 0.4) is 0 Å². The zero-order valence-corrected chi connectivity index (χ0v) is 10.9. The molecule has 0 aliphatic rings. The van der Waals surface area contributed by atoms with Gasteiger partial charge in [-0.15, -0.1) is 0 Å². The molecular weight excluding hydrogens is 266 g/mol. The second kappa shape index (κ2) is 4.51. The van der Waals surface area contributed by atoms with E-state index in [-0.39, 0.29) is 0 Å². The molecule has 3 rings (SSSR count). The predicted molar refractivity (Wildman–Crippen MR) is 72.4 cm³/mol. The van der Waals surface area contributed by atoms with Crippen molar-refractivity contribution in [1.82, 2.24) is 15.0 Å². The molecule has 0 spiro atoms. The van der Waals surface area contributed by atoms with Gasteiger partial charge in [0, 0.05) is 23.2 Å². The Morgan fingerprint density at radius 1 is 1.47 bits per heavy atom. The number of carbonyl (C=O) groups is 1. The predicted octanol–water partition coefficient (Wildman–Crippen LogP) is 2.94. The maximum atomic E-state index is 11.7. The fraction of sp³-hybridized carbons (Fsp3) is 0.154. The van der Waals surface area contributed by atoms with Crippen LogP contribution in [0.4, 0.5) is 0 Å². The Kier molecular flexibility index (Phi) is 2.83. The van der Waals surface area contributed by atoms with Gasteiger partial charge in [0.2, 0.25) is 0 Å². The van der Waals surface area contributed by atoms with E-state index in [4.69, 9.17) is 16.3 Å². The number of nitrogens with zero attached hydrogens (tertiary/aromatic N) is 2. The summed E-state index contributed by atoms with van der Waals surface area (Å²) >= 11 is 6.13. The SMILES string of the molecule is CCOC(=O)c1cc2c(Cl)nc3ccncc3c2[nH]1. The standard InChI is InChI=1S/C13H10ClN3O2/c1-2-19-13(18)10-5-7-11(16-10)8-6-15-4-3-9(8)17-12(7)14/h3-6,16H,2H2,1H3. The zero-order chi connectivity index (χ0) is 13.4. The molecule has 0 radical (unpaired) electrons. The molecule has 5 nitrogen and oxygen atoms in total. The summed E-state index contributed by atoms with van der Waals surface area (Å²) in [5.74, 6) is -0.410. The number of ether oxygens (including phenoxy) is 1. The summed E-state index contributed by atoms with van der Waals surface area (Å²) in [7, 11) is 0. The van der Waals surface area contributed by atoms with Crippen LogP contribution in [0, 0.1) is 0 Å². The van der Waals surface area contributed by atoms with Crippen molar-refractivity contribution < 1.29 is 9.53 Å². The van der Waals surface area contributed by atoms with Gasteiger partial charge in [0.15, 0.2) is 0 Å². The first-order chi connectivity index (χ1) is 9.20. The Morgan fingerprint density at radius 3 is 3.11 bits per heavy atom. The molecule has 0 unspecified atom stereocenters. The van der Waals surface area contributed by atoms with Gasteiger partial charge in [-0.2, -0.15) is 0 Å². The molecule has 0 aliphatic carbocycles. The molecule has 3 heterocycles. The number of hydrogen-bond donors (Lipinski definition) is 1. The molecule has 0 amide bonds. The van der Waals surface area contributed by atoms with Crippen molar-refractivity contribution in [2.24, 2.45) is 0 Å². The summed E-state index contributed by atoms with van der Waals surface area (Å²) < 4.78 is 4.96. The van der Waals surface area contributed by atoms with E-state index in [2.05, 4.69) is 15.0 Å². The second-order valence-corrected chi connectivity index (χ2v) is 4.35. The fourth-order valence-corrected chi connectivity index (χ4v) is 2.23. The maximum Gasteiger partial charge on any atom is 0.354 e. The average Bonchev–Trinajstić information content (AvgIpc) is 2.85. The van der Waals surface area contributed by atoms with Crippen LogP contribution in [0.5, 0.6) is 0 Å². The van der Waals surface area contributed by atoms with Gasteiger partial charge in [0.1, 0.15) is 10.8 Å². The maximum absolute atomic E-state index is 11.7. The van der Waals surface area contributed by atoms with Crippen molar-refractivity contribution in [2.45, 2.75) is 6.92 Å². The third-order valence-corrected chi connectivity index (χ3v) is 3.11. The lowest BCUT2D eigenvalue weighted by Gasteiger charge is -1.99. The quantitative estimate of drug-likeness (QED) is 0.577. The molecule has 6 heteroatoms. The van der Waals surface area contributed by atoms with Crippen LogP contribution >= 0.6 is 11.6 Å². The molecule has 0 aromatic carbocycles. The molecule has 1 N–H and O–H groups in total. The number of rotatable bonds is 2. The highest BCUT2D eigenvalue weighted by Crippen LogP contribution is 2.29. The van der Waals surface area contributed by atoms with Crippen LogP contribution in [0.15, 0.2) is 24.5 Å². The van der Waals surface area contributed by atoms with Crippen molar-refractivity contribution in [2.75, 3.05) is 6.61 Å². The Labute approximate surface area is 113 Å². The van der Waals surface area contributed by atoms with Crippen LogP contribution < -0.4 is 0 Å². The molecular formula is C13H10ClN3O2. The lowest BCUT2D eigenvalue weighted by atomic mass is 10.2. The number of halogens is 1. The number of nitrogens with one attached hydrogen (secondary N) is 1. The third kappa shape index (κ3) is 1.92. The van der Waals surface area contributed by atoms with Crippen LogP contribution in [0.25, 0.3) is 21.8 Å². The van der Waals surface area contributed by atoms with Crippen LogP contribution in [-0.4, -0.2) is 27.5 Å². The van der Waals surface area contributed by atoms with E-state index in [1.54, 1.807) is 31.5 Å². The van der Waals surface area contributed by atoms with Crippen LogP contribution in [0.2, 0.25) is 5.15 Å². The summed E-state index contributed by atoms with van der Waals surface area (Å²) in [6.45, 7) is 2.08. The fourth-order valence-electron chi connectivity index (χ4n) is 1.99. The van der Waals surface area contributed by atoms with Gasteiger partial charge in [0.25, 0.3) is 0 Å². The molecule has 96 valence electrons. The molecule has 0 atom stereocenters. The number of aromatic amines is 1. The minimum atomic E-state index is -0.410. The van der Waals surface area contributed by atoms with E-state index >= 15 is 0 Å². The van der Waals surface area contributed by atoms with Gasteiger partial charge >= 0.3 is 5.97 Å². The highest BCUT2D eigenvalue weighted by atomic mass is 35.5. The first-order valence-corrected chi connectivity index (χ1v) is 6.17. The van der Waals surface area contributed by atoms with Gasteiger partial charge in [-0.1, -0.05) is 11.6 Å². The summed E-state index contributed by atoms with van der Waals surface area (Å²) in [5, 5.41) is 1.85. The lowest BCUT2D eigenvalue weighted by molar-refractivity contribution is 0.0520. The minimum absolute atomic E-state index is 0.322. The smallest absolute Gasteiger partial charge is 0.354 e. The highest BCUT2D eigenvalue weighted by Gasteiger charge is 2.15. The van der Waals surface area contributed by atoms with E-state index < -0.39 is 5.97 Å². The van der Waals surface area contributed by atoms with E-state index in [0.717, 1.165) is 16.4 Å². The number of aromatic nitrogens is 3. The van der Waals surface area contributed by atoms with E-state index in [1.807, 2.05) is 0 Å². The summed E-state index contributed by atoms with van der Waals surface area (Å²) in [6.07, 6.45) is 3.33. The zero-order valence-electron chi connectivity index (χ0n) is 10.1.